The zero-order valence-electron chi connectivity index (χ0n) is 16.9. The summed E-state index contributed by atoms with van der Waals surface area (Å²) in [6.45, 7) is 2.78. The van der Waals surface area contributed by atoms with Crippen molar-refractivity contribution < 1.29 is 9.59 Å². The number of halogens is 2. The average Bonchev–Trinajstić information content (AvgIpc) is 3.25. The van der Waals surface area contributed by atoms with Gasteiger partial charge in [-0.25, -0.2) is 0 Å². The minimum absolute atomic E-state index is 0.139. The third-order valence-electron chi connectivity index (χ3n) is 4.49. The molecule has 9 heteroatoms. The van der Waals surface area contributed by atoms with Gasteiger partial charge in [-0.3, -0.25) is 9.59 Å². The van der Waals surface area contributed by atoms with Crippen LogP contribution in [0.4, 0.5) is 5.13 Å². The molecule has 2 amide bonds. The van der Waals surface area contributed by atoms with Crippen molar-refractivity contribution in [3.8, 4) is 10.6 Å². The number of nitrogens with one attached hydrogen (secondary N) is 1. The van der Waals surface area contributed by atoms with Crippen molar-refractivity contribution in [3.05, 3.63) is 65.2 Å². The molecule has 1 aromatic heterocycles. The topological polar surface area (TPSA) is 75.2 Å². The fourth-order valence-corrected chi connectivity index (χ4v) is 4.10. The van der Waals surface area contributed by atoms with E-state index in [1.54, 1.807) is 17.0 Å². The summed E-state index contributed by atoms with van der Waals surface area (Å²) in [6.07, 6.45) is 0.909. The Hall–Kier alpha value is -2.48. The Kier molecular flexibility index (Phi) is 8.40. The largest absolute Gasteiger partial charge is 0.341 e. The molecule has 0 unspecified atom stereocenters. The first-order valence-electron chi connectivity index (χ1n) is 9.85. The first-order chi connectivity index (χ1) is 15.0. The average molecular weight is 477 g/mol. The second-order valence-corrected chi connectivity index (χ2v) is 8.67. The van der Waals surface area contributed by atoms with Gasteiger partial charge in [-0.05, 0) is 24.1 Å². The maximum absolute atomic E-state index is 12.8. The molecule has 1 atom stereocenters. The van der Waals surface area contributed by atoms with Gasteiger partial charge in [0.25, 0.3) is 0 Å². The van der Waals surface area contributed by atoms with Crippen molar-refractivity contribution >= 4 is 51.5 Å². The molecule has 0 aliphatic carbocycles. The number of benzene rings is 2. The van der Waals surface area contributed by atoms with E-state index in [0.29, 0.717) is 21.7 Å². The van der Waals surface area contributed by atoms with E-state index in [-0.39, 0.29) is 24.8 Å². The number of nitrogens with zero attached hydrogens (tertiary/aromatic N) is 3. The van der Waals surface area contributed by atoms with Crippen LogP contribution in [0.15, 0.2) is 54.6 Å². The van der Waals surface area contributed by atoms with Gasteiger partial charge in [-0.1, -0.05) is 72.3 Å². The summed E-state index contributed by atoms with van der Waals surface area (Å²) in [5, 5.41) is 11.8. The van der Waals surface area contributed by atoms with E-state index in [1.165, 1.54) is 11.3 Å². The lowest BCUT2D eigenvalue weighted by molar-refractivity contribution is -0.131. The van der Waals surface area contributed by atoms with Gasteiger partial charge in [-0.2, -0.15) is 0 Å². The Labute approximate surface area is 195 Å². The molecule has 0 saturated carbocycles. The Bertz CT molecular complexity index is 1010. The molecule has 2 aromatic carbocycles. The van der Waals surface area contributed by atoms with Gasteiger partial charge in [0.2, 0.25) is 16.9 Å². The molecule has 0 aliphatic heterocycles. The maximum atomic E-state index is 12.8. The van der Waals surface area contributed by atoms with Gasteiger partial charge in [0.15, 0.2) is 0 Å². The summed E-state index contributed by atoms with van der Waals surface area (Å²) in [7, 11) is 0. The zero-order valence-corrected chi connectivity index (χ0v) is 19.3. The lowest BCUT2D eigenvalue weighted by atomic mass is 10.1. The number of carbonyl (C=O) groups is 2. The summed E-state index contributed by atoms with van der Waals surface area (Å²) >= 11 is 13.6. The van der Waals surface area contributed by atoms with Gasteiger partial charge in [-0.15, -0.1) is 21.8 Å². The van der Waals surface area contributed by atoms with Crippen molar-refractivity contribution in [2.45, 2.75) is 25.1 Å². The quantitative estimate of drug-likeness (QED) is 0.419. The van der Waals surface area contributed by atoms with E-state index < -0.39 is 5.38 Å². The molecular weight excluding hydrogens is 455 g/mol. The molecule has 0 spiro atoms. The summed E-state index contributed by atoms with van der Waals surface area (Å²) in [4.78, 5) is 26.9. The molecule has 1 N–H and O–H groups in total. The van der Waals surface area contributed by atoms with Crippen molar-refractivity contribution in [3.63, 3.8) is 0 Å². The molecule has 162 valence electrons. The normalized spacial score (nSPS) is 11.7. The van der Waals surface area contributed by atoms with Crippen molar-refractivity contribution in [2.24, 2.45) is 0 Å². The van der Waals surface area contributed by atoms with E-state index in [2.05, 4.69) is 15.5 Å². The van der Waals surface area contributed by atoms with E-state index in [4.69, 9.17) is 23.2 Å². The molecular formula is C22H22Cl2N4O2S. The SMILES string of the molecule is CCCN(CCC(=O)Nc1nnc(-c2ccc(Cl)cc2)s1)C(=O)[C@H](Cl)c1ccccc1. The third kappa shape index (κ3) is 6.50. The van der Waals surface area contributed by atoms with Crippen molar-refractivity contribution in [1.29, 1.82) is 0 Å². The Morgan fingerprint density at radius 2 is 1.77 bits per heavy atom. The first kappa shape index (κ1) is 23.2. The van der Waals surface area contributed by atoms with Crippen LogP contribution >= 0.6 is 34.5 Å². The van der Waals surface area contributed by atoms with E-state index in [9.17, 15) is 9.59 Å². The number of hydrogen-bond acceptors (Lipinski definition) is 5. The minimum Gasteiger partial charge on any atom is -0.341 e. The standard InChI is InChI=1S/C22H22Cl2N4O2S/c1-2-13-28(21(30)19(24)15-6-4-3-5-7-15)14-12-18(29)25-22-27-26-20(31-22)16-8-10-17(23)11-9-16/h3-11,19H,2,12-14H2,1H3,(H,25,27,29)/t19-/m1/s1. The van der Waals surface area contributed by atoms with Crippen LogP contribution in [0.25, 0.3) is 10.6 Å². The van der Waals surface area contributed by atoms with Crippen LogP contribution in [0.1, 0.15) is 30.7 Å². The number of anilines is 1. The lowest BCUT2D eigenvalue weighted by Gasteiger charge is -2.24. The van der Waals surface area contributed by atoms with Crippen molar-refractivity contribution in [1.82, 2.24) is 15.1 Å². The van der Waals surface area contributed by atoms with E-state index >= 15 is 0 Å². The summed E-state index contributed by atoms with van der Waals surface area (Å²) in [5.74, 6) is -0.443. The Balaban J connectivity index is 1.56. The smallest absolute Gasteiger partial charge is 0.245 e. The lowest BCUT2D eigenvalue weighted by Crippen LogP contribution is -2.36. The molecule has 3 rings (SSSR count). The predicted octanol–water partition coefficient (Wildman–Crippen LogP) is 5.41. The highest BCUT2D eigenvalue weighted by Gasteiger charge is 2.24. The van der Waals surface area contributed by atoms with Crippen LogP contribution in [0.2, 0.25) is 5.02 Å². The first-order valence-corrected chi connectivity index (χ1v) is 11.5. The monoisotopic (exact) mass is 476 g/mol. The van der Waals surface area contributed by atoms with Gasteiger partial charge in [0.1, 0.15) is 10.4 Å². The van der Waals surface area contributed by atoms with E-state index in [1.807, 2.05) is 49.4 Å². The highest BCUT2D eigenvalue weighted by molar-refractivity contribution is 7.18. The minimum atomic E-state index is -0.777. The second-order valence-electron chi connectivity index (χ2n) is 6.82. The molecule has 6 nitrogen and oxygen atoms in total. The fourth-order valence-electron chi connectivity index (χ4n) is 2.93. The van der Waals surface area contributed by atoms with Crippen LogP contribution < -0.4 is 5.32 Å². The molecule has 0 aliphatic rings. The van der Waals surface area contributed by atoms with Gasteiger partial charge >= 0.3 is 0 Å². The predicted molar refractivity (Wildman–Crippen MR) is 126 cm³/mol. The number of rotatable bonds is 9. The van der Waals surface area contributed by atoms with Crippen molar-refractivity contribution in [2.75, 3.05) is 18.4 Å². The number of hydrogen-bond donors (Lipinski definition) is 1. The van der Waals surface area contributed by atoms with Gasteiger partial charge < -0.3 is 10.2 Å². The Morgan fingerprint density at radius 1 is 1.06 bits per heavy atom. The number of carbonyl (C=O) groups excluding carboxylic acids is 2. The molecule has 31 heavy (non-hydrogen) atoms. The van der Waals surface area contributed by atoms with Crippen LogP contribution in [0.5, 0.6) is 0 Å². The highest BCUT2D eigenvalue weighted by atomic mass is 35.5. The summed E-state index contributed by atoms with van der Waals surface area (Å²) < 4.78 is 0. The third-order valence-corrected chi connectivity index (χ3v) is 6.06. The highest BCUT2D eigenvalue weighted by Crippen LogP contribution is 2.27. The van der Waals surface area contributed by atoms with Gasteiger partial charge in [0.05, 0.1) is 0 Å². The summed E-state index contributed by atoms with van der Waals surface area (Å²) in [5.41, 5.74) is 1.61. The molecule has 0 saturated heterocycles. The van der Waals surface area contributed by atoms with Gasteiger partial charge in [0, 0.05) is 30.1 Å². The van der Waals surface area contributed by atoms with Crippen LogP contribution in [0.3, 0.4) is 0 Å². The molecule has 0 fully saturated rings. The molecule has 3 aromatic rings. The zero-order chi connectivity index (χ0) is 22.2. The second kappa shape index (κ2) is 11.2. The Morgan fingerprint density at radius 3 is 2.45 bits per heavy atom. The van der Waals surface area contributed by atoms with Crippen LogP contribution in [-0.4, -0.2) is 40.0 Å². The summed E-state index contributed by atoms with van der Waals surface area (Å²) in [6, 6.07) is 16.4. The van der Waals surface area contributed by atoms with Crippen LogP contribution in [-0.2, 0) is 9.59 Å². The molecule has 0 radical (unpaired) electrons. The maximum Gasteiger partial charge on any atom is 0.245 e. The number of aromatic nitrogens is 2. The number of amides is 2. The molecule has 1 heterocycles. The van der Waals surface area contributed by atoms with E-state index in [0.717, 1.165) is 17.5 Å². The molecule has 0 bridgehead atoms. The van der Waals surface area contributed by atoms with Crippen LogP contribution in [0, 0.1) is 0 Å². The number of alkyl halides is 1. The fraction of sp³-hybridized carbons (Fsp3) is 0.273.